The lowest BCUT2D eigenvalue weighted by Gasteiger charge is -2.21. The Hall–Kier alpha value is -1.68. The number of amides is 1. The number of hydrogen-bond acceptors (Lipinski definition) is 3. The Morgan fingerprint density at radius 1 is 1.30 bits per heavy atom. The Bertz CT molecular complexity index is 573. The summed E-state index contributed by atoms with van der Waals surface area (Å²) in [5, 5.41) is 1.83. The predicted octanol–water partition coefficient (Wildman–Crippen LogP) is 3.51. The second-order valence-corrected chi connectivity index (χ2v) is 5.93. The highest BCUT2D eigenvalue weighted by atomic mass is 32.1. The van der Waals surface area contributed by atoms with E-state index in [1.807, 2.05) is 10.3 Å². The molecule has 1 heterocycles. The maximum absolute atomic E-state index is 12.5. The van der Waals surface area contributed by atoms with Gasteiger partial charge in [-0.25, -0.2) is 4.98 Å². The Morgan fingerprint density at radius 2 is 2.00 bits per heavy atom. The van der Waals surface area contributed by atoms with Crippen molar-refractivity contribution in [2.45, 2.75) is 38.8 Å². The molecule has 1 aliphatic rings. The van der Waals surface area contributed by atoms with E-state index >= 15 is 0 Å². The van der Waals surface area contributed by atoms with Gasteiger partial charge < -0.3 is 4.90 Å². The Balaban J connectivity index is 1.75. The number of carbonyl (C=O) groups excluding carboxylic acids is 1. The molecule has 3 rings (SSSR count). The number of thiazole rings is 1. The van der Waals surface area contributed by atoms with E-state index in [0.29, 0.717) is 18.3 Å². The highest BCUT2D eigenvalue weighted by Crippen LogP contribution is 2.29. The highest BCUT2D eigenvalue weighted by molar-refractivity contribution is 7.07. The molecule has 0 aliphatic heterocycles. The molecule has 20 heavy (non-hydrogen) atoms. The average Bonchev–Trinajstić information content (AvgIpc) is 3.18. The van der Waals surface area contributed by atoms with Crippen molar-refractivity contribution in [1.29, 1.82) is 0 Å². The van der Waals surface area contributed by atoms with Crippen LogP contribution in [0.2, 0.25) is 0 Å². The summed E-state index contributed by atoms with van der Waals surface area (Å²) in [6.45, 7) is 2.84. The zero-order chi connectivity index (χ0) is 13.9. The molecule has 1 aromatic heterocycles. The zero-order valence-electron chi connectivity index (χ0n) is 11.6. The molecule has 0 radical (unpaired) electrons. The summed E-state index contributed by atoms with van der Waals surface area (Å²) in [4.78, 5) is 18.6. The van der Waals surface area contributed by atoms with E-state index in [-0.39, 0.29) is 5.91 Å². The zero-order valence-corrected chi connectivity index (χ0v) is 12.4. The van der Waals surface area contributed by atoms with Crippen LogP contribution in [0.3, 0.4) is 0 Å². The lowest BCUT2D eigenvalue weighted by Crippen LogP contribution is -2.32. The molecule has 0 spiro atoms. The normalized spacial score (nSPS) is 14.2. The quantitative estimate of drug-likeness (QED) is 0.842. The molecule has 4 heteroatoms. The minimum atomic E-state index is 0.0633. The fourth-order valence-corrected chi connectivity index (χ4v) is 2.82. The van der Waals surface area contributed by atoms with Crippen molar-refractivity contribution in [2.24, 2.45) is 0 Å². The maximum atomic E-state index is 12.5. The van der Waals surface area contributed by atoms with E-state index in [4.69, 9.17) is 0 Å². The first-order chi connectivity index (χ1) is 9.78. The van der Waals surface area contributed by atoms with Gasteiger partial charge >= 0.3 is 0 Å². The van der Waals surface area contributed by atoms with E-state index < -0.39 is 0 Å². The highest BCUT2D eigenvalue weighted by Gasteiger charge is 2.33. The topological polar surface area (TPSA) is 33.2 Å². The first kappa shape index (κ1) is 13.3. The van der Waals surface area contributed by atoms with E-state index in [9.17, 15) is 4.79 Å². The molecule has 0 atom stereocenters. The SMILES string of the molecule is CCc1ccc(CN(C(=O)c2cscn2)C2CC2)cc1. The van der Waals surface area contributed by atoms with Crippen LogP contribution in [0, 0.1) is 0 Å². The molecule has 104 valence electrons. The third-order valence-electron chi connectivity index (χ3n) is 3.68. The van der Waals surface area contributed by atoms with Gasteiger partial charge in [0.1, 0.15) is 5.69 Å². The molecular weight excluding hydrogens is 268 g/mol. The van der Waals surface area contributed by atoms with Gasteiger partial charge in [-0.2, -0.15) is 0 Å². The molecule has 0 unspecified atom stereocenters. The van der Waals surface area contributed by atoms with Gasteiger partial charge in [0.25, 0.3) is 5.91 Å². The molecule has 0 N–H and O–H groups in total. The Kier molecular flexibility index (Phi) is 3.83. The van der Waals surface area contributed by atoms with Crippen LogP contribution in [-0.4, -0.2) is 21.8 Å². The number of aryl methyl sites for hydroxylation is 1. The molecule has 1 fully saturated rings. The van der Waals surface area contributed by atoms with Gasteiger partial charge in [0.05, 0.1) is 5.51 Å². The van der Waals surface area contributed by atoms with Crippen LogP contribution in [0.5, 0.6) is 0 Å². The molecular formula is C16H18N2OS. The largest absolute Gasteiger partial charge is 0.330 e. The second kappa shape index (κ2) is 5.75. The van der Waals surface area contributed by atoms with Crippen molar-refractivity contribution in [2.75, 3.05) is 0 Å². The average molecular weight is 286 g/mol. The molecule has 1 saturated carbocycles. The number of rotatable bonds is 5. The van der Waals surface area contributed by atoms with Crippen LogP contribution in [-0.2, 0) is 13.0 Å². The first-order valence-electron chi connectivity index (χ1n) is 7.05. The van der Waals surface area contributed by atoms with Gasteiger partial charge in [-0.15, -0.1) is 11.3 Å². The van der Waals surface area contributed by atoms with E-state index in [1.54, 1.807) is 5.51 Å². The van der Waals surface area contributed by atoms with Gasteiger partial charge in [0.15, 0.2) is 0 Å². The molecule has 1 aromatic carbocycles. The number of carbonyl (C=O) groups is 1. The number of aromatic nitrogens is 1. The van der Waals surface area contributed by atoms with Gasteiger partial charge in [0.2, 0.25) is 0 Å². The summed E-state index contributed by atoms with van der Waals surface area (Å²) in [6.07, 6.45) is 3.27. The molecule has 2 aromatic rings. The summed E-state index contributed by atoms with van der Waals surface area (Å²) in [7, 11) is 0. The second-order valence-electron chi connectivity index (χ2n) is 5.21. The van der Waals surface area contributed by atoms with Crippen LogP contribution in [0.4, 0.5) is 0 Å². The van der Waals surface area contributed by atoms with Crippen molar-refractivity contribution in [3.8, 4) is 0 Å². The van der Waals surface area contributed by atoms with Crippen LogP contribution in [0.25, 0.3) is 0 Å². The van der Waals surface area contributed by atoms with Crippen LogP contribution in [0.1, 0.15) is 41.4 Å². The lowest BCUT2D eigenvalue weighted by atomic mass is 10.1. The monoisotopic (exact) mass is 286 g/mol. The minimum Gasteiger partial charge on any atom is -0.330 e. The summed E-state index contributed by atoms with van der Waals surface area (Å²) < 4.78 is 0. The van der Waals surface area contributed by atoms with Crippen LogP contribution < -0.4 is 0 Å². The van der Waals surface area contributed by atoms with Crippen molar-refractivity contribution in [3.05, 3.63) is 52.0 Å². The Labute approximate surface area is 123 Å². The Morgan fingerprint density at radius 3 is 2.55 bits per heavy atom. The van der Waals surface area contributed by atoms with E-state index in [2.05, 4.69) is 36.2 Å². The van der Waals surface area contributed by atoms with Gasteiger partial charge in [-0.3, -0.25) is 4.79 Å². The third-order valence-corrected chi connectivity index (χ3v) is 4.27. The van der Waals surface area contributed by atoms with Crippen molar-refractivity contribution >= 4 is 17.2 Å². The van der Waals surface area contributed by atoms with Crippen molar-refractivity contribution in [3.63, 3.8) is 0 Å². The number of nitrogens with zero attached hydrogens (tertiary/aromatic N) is 2. The number of benzene rings is 1. The third kappa shape index (κ3) is 2.90. The van der Waals surface area contributed by atoms with Crippen LogP contribution >= 0.6 is 11.3 Å². The smallest absolute Gasteiger partial charge is 0.273 e. The van der Waals surface area contributed by atoms with E-state index in [1.165, 1.54) is 22.5 Å². The van der Waals surface area contributed by atoms with Gasteiger partial charge in [0, 0.05) is 18.0 Å². The first-order valence-corrected chi connectivity index (χ1v) is 7.99. The fourth-order valence-electron chi connectivity index (χ4n) is 2.30. The molecule has 0 bridgehead atoms. The van der Waals surface area contributed by atoms with Gasteiger partial charge in [-0.1, -0.05) is 31.2 Å². The summed E-state index contributed by atoms with van der Waals surface area (Å²) in [5.41, 5.74) is 4.82. The maximum Gasteiger partial charge on any atom is 0.273 e. The summed E-state index contributed by atoms with van der Waals surface area (Å²) in [6, 6.07) is 8.95. The minimum absolute atomic E-state index is 0.0633. The summed E-state index contributed by atoms with van der Waals surface area (Å²) in [5.74, 6) is 0.0633. The summed E-state index contributed by atoms with van der Waals surface area (Å²) >= 11 is 1.47. The van der Waals surface area contributed by atoms with Crippen LogP contribution in [0.15, 0.2) is 35.2 Å². The number of hydrogen-bond donors (Lipinski definition) is 0. The molecule has 1 aliphatic carbocycles. The fraction of sp³-hybridized carbons (Fsp3) is 0.375. The van der Waals surface area contributed by atoms with Gasteiger partial charge in [-0.05, 0) is 30.4 Å². The van der Waals surface area contributed by atoms with Crippen molar-refractivity contribution < 1.29 is 4.79 Å². The van der Waals surface area contributed by atoms with Crippen molar-refractivity contribution in [1.82, 2.24) is 9.88 Å². The molecule has 0 saturated heterocycles. The lowest BCUT2D eigenvalue weighted by molar-refractivity contribution is 0.0725. The molecule has 3 nitrogen and oxygen atoms in total. The standard InChI is InChI=1S/C16H18N2OS/c1-2-12-3-5-13(6-4-12)9-18(14-7-8-14)16(19)15-10-20-11-17-15/h3-6,10-11,14H,2,7-9H2,1H3. The van der Waals surface area contributed by atoms with E-state index in [0.717, 1.165) is 19.3 Å². The predicted molar refractivity (Wildman–Crippen MR) is 80.8 cm³/mol. The molecule has 1 amide bonds.